The number of unbranched alkanes of at least 4 members (excludes halogenated alkanes) is 2. The summed E-state index contributed by atoms with van der Waals surface area (Å²) >= 11 is 0. The first kappa shape index (κ1) is 36.6. The molecule has 292 valence electrons. The summed E-state index contributed by atoms with van der Waals surface area (Å²) < 4.78 is 36.9. The molecule has 0 atom stereocenters. The van der Waals surface area contributed by atoms with Gasteiger partial charge in [-0.05, 0) is 135 Å². The largest absolute Gasteiger partial charge is 0.337 e. The standard InChI is InChI=1S/C50H44N6O2S/c57-59(58,41-21-17-39(18-22-41)55-47-13-3-1-11-43(47)45-33-37(15-25-49(45)55)9-5-7-29-53-31-27-51-35-53)42-23-19-40(20-24-42)56-48-14-4-2-12-44(48)46-34-38(16-26-50(46)56)10-6-8-30-54-32-28-52-36-54/h1-4,11-28,31-36H,5-10,29-30H2. The van der Waals surface area contributed by atoms with Crippen molar-refractivity contribution in [2.75, 3.05) is 0 Å². The predicted octanol–water partition coefficient (Wildman–Crippen LogP) is 11.2. The lowest BCUT2D eigenvalue weighted by atomic mass is 10.0. The topological polar surface area (TPSA) is 79.6 Å². The van der Waals surface area contributed by atoms with E-state index in [4.69, 9.17) is 0 Å². The Balaban J connectivity index is 0.891. The van der Waals surface area contributed by atoms with Gasteiger partial charge in [-0.25, -0.2) is 18.4 Å². The molecule has 0 aliphatic rings. The number of rotatable bonds is 14. The van der Waals surface area contributed by atoms with E-state index in [1.165, 1.54) is 32.7 Å². The van der Waals surface area contributed by atoms with Crippen LogP contribution in [0.5, 0.6) is 0 Å². The Hall–Kier alpha value is -6.71. The van der Waals surface area contributed by atoms with Gasteiger partial charge in [0.1, 0.15) is 0 Å². The van der Waals surface area contributed by atoms with E-state index in [2.05, 4.69) is 113 Å². The van der Waals surface area contributed by atoms with Crippen molar-refractivity contribution in [3.05, 3.63) is 182 Å². The lowest BCUT2D eigenvalue weighted by Gasteiger charge is -2.12. The fourth-order valence-electron chi connectivity index (χ4n) is 8.68. The predicted molar refractivity (Wildman–Crippen MR) is 237 cm³/mol. The molecule has 0 aliphatic heterocycles. The molecule has 10 aromatic rings. The number of nitrogens with zero attached hydrogens (tertiary/aromatic N) is 6. The summed E-state index contributed by atoms with van der Waals surface area (Å²) in [5, 5.41) is 4.76. The zero-order chi connectivity index (χ0) is 39.8. The summed E-state index contributed by atoms with van der Waals surface area (Å²) in [5.41, 5.74) is 8.85. The van der Waals surface area contributed by atoms with Crippen LogP contribution in [0.4, 0.5) is 0 Å². The molecule has 4 heterocycles. The highest BCUT2D eigenvalue weighted by atomic mass is 32.2. The maximum Gasteiger partial charge on any atom is 0.206 e. The number of para-hydroxylation sites is 2. The Morgan fingerprint density at radius 3 is 1.29 bits per heavy atom. The molecule has 59 heavy (non-hydrogen) atoms. The third-order valence-corrected chi connectivity index (χ3v) is 13.5. The summed E-state index contributed by atoms with van der Waals surface area (Å²) in [6.07, 6.45) is 17.8. The minimum absolute atomic E-state index is 0.266. The van der Waals surface area contributed by atoms with Crippen molar-refractivity contribution in [2.24, 2.45) is 0 Å². The Labute approximate surface area is 343 Å². The van der Waals surface area contributed by atoms with Gasteiger partial charge in [-0.1, -0.05) is 48.5 Å². The van der Waals surface area contributed by atoms with Crippen molar-refractivity contribution in [1.29, 1.82) is 0 Å². The molecule has 8 nitrogen and oxygen atoms in total. The third-order valence-electron chi connectivity index (χ3n) is 11.7. The van der Waals surface area contributed by atoms with Crippen molar-refractivity contribution in [3.63, 3.8) is 0 Å². The van der Waals surface area contributed by atoms with Gasteiger partial charge in [-0.2, -0.15) is 0 Å². The second-order valence-electron chi connectivity index (χ2n) is 15.4. The molecule has 0 spiro atoms. The molecule has 0 fully saturated rings. The van der Waals surface area contributed by atoms with E-state index >= 15 is 0 Å². The van der Waals surface area contributed by atoms with E-state index in [1.807, 2.05) is 61.7 Å². The molecule has 0 radical (unpaired) electrons. The number of hydrogen-bond donors (Lipinski definition) is 0. The van der Waals surface area contributed by atoms with Crippen LogP contribution in [-0.2, 0) is 35.8 Å². The monoisotopic (exact) mass is 792 g/mol. The fourth-order valence-corrected chi connectivity index (χ4v) is 9.94. The van der Waals surface area contributed by atoms with E-state index in [-0.39, 0.29) is 9.79 Å². The maximum atomic E-state index is 14.1. The van der Waals surface area contributed by atoms with Gasteiger partial charge >= 0.3 is 0 Å². The average molecular weight is 793 g/mol. The average Bonchev–Trinajstić information content (AvgIpc) is 4.10. The molecule has 0 bridgehead atoms. The van der Waals surface area contributed by atoms with E-state index in [9.17, 15) is 8.42 Å². The van der Waals surface area contributed by atoms with Gasteiger partial charge < -0.3 is 18.3 Å². The minimum Gasteiger partial charge on any atom is -0.337 e. The number of imidazole rings is 2. The zero-order valence-electron chi connectivity index (χ0n) is 32.7. The van der Waals surface area contributed by atoms with Crippen molar-refractivity contribution < 1.29 is 8.42 Å². The Morgan fingerprint density at radius 1 is 0.441 bits per heavy atom. The van der Waals surface area contributed by atoms with Gasteiger partial charge in [0, 0.05) is 70.8 Å². The van der Waals surface area contributed by atoms with Gasteiger partial charge in [0.2, 0.25) is 9.84 Å². The van der Waals surface area contributed by atoms with Gasteiger partial charge in [-0.15, -0.1) is 0 Å². The second-order valence-corrected chi connectivity index (χ2v) is 17.4. The molecule has 0 saturated heterocycles. The van der Waals surface area contributed by atoms with E-state index in [0.29, 0.717) is 0 Å². The van der Waals surface area contributed by atoms with Crippen LogP contribution < -0.4 is 0 Å². The van der Waals surface area contributed by atoms with Crippen LogP contribution in [0.25, 0.3) is 55.0 Å². The van der Waals surface area contributed by atoms with Crippen molar-refractivity contribution in [2.45, 2.75) is 61.4 Å². The highest BCUT2D eigenvalue weighted by Crippen LogP contribution is 2.36. The molecular formula is C50H44N6O2S. The summed E-state index contributed by atoms with van der Waals surface area (Å²) in [7, 11) is -3.77. The number of aryl methyl sites for hydroxylation is 4. The molecule has 0 unspecified atom stereocenters. The molecule has 9 heteroatoms. The molecule has 4 aromatic heterocycles. The molecule has 10 rings (SSSR count). The molecule has 0 N–H and O–H groups in total. The van der Waals surface area contributed by atoms with Crippen LogP contribution in [0.3, 0.4) is 0 Å². The van der Waals surface area contributed by atoms with Crippen LogP contribution in [0.15, 0.2) is 181 Å². The summed E-state index contributed by atoms with van der Waals surface area (Å²) in [6, 6.07) is 45.0. The van der Waals surface area contributed by atoms with E-state index in [1.54, 1.807) is 24.3 Å². The van der Waals surface area contributed by atoms with Crippen molar-refractivity contribution >= 4 is 53.4 Å². The second kappa shape index (κ2) is 15.6. The van der Waals surface area contributed by atoms with Crippen LogP contribution in [0, 0.1) is 0 Å². The van der Waals surface area contributed by atoms with Crippen LogP contribution in [-0.4, -0.2) is 36.7 Å². The highest BCUT2D eigenvalue weighted by molar-refractivity contribution is 7.91. The molecule has 0 aliphatic carbocycles. The fraction of sp³-hybridized carbons (Fsp3) is 0.160. The quantitative estimate of drug-likeness (QED) is 0.103. The Morgan fingerprint density at radius 2 is 0.864 bits per heavy atom. The number of fused-ring (bicyclic) bond motifs is 6. The maximum absolute atomic E-state index is 14.1. The lowest BCUT2D eigenvalue weighted by molar-refractivity contribution is 0.596. The Bertz CT molecular complexity index is 2950. The van der Waals surface area contributed by atoms with Crippen molar-refractivity contribution in [1.82, 2.24) is 28.2 Å². The minimum atomic E-state index is -3.77. The first-order valence-corrected chi connectivity index (χ1v) is 21.9. The number of aromatic nitrogens is 6. The summed E-state index contributed by atoms with van der Waals surface area (Å²) in [4.78, 5) is 8.83. The molecular weight excluding hydrogens is 749 g/mol. The first-order chi connectivity index (χ1) is 29.0. The van der Waals surface area contributed by atoms with Gasteiger partial charge in [0.05, 0.1) is 44.5 Å². The lowest BCUT2D eigenvalue weighted by Crippen LogP contribution is -2.03. The van der Waals surface area contributed by atoms with E-state index in [0.717, 1.165) is 85.1 Å². The molecule has 0 saturated carbocycles. The number of sulfone groups is 1. The van der Waals surface area contributed by atoms with Crippen LogP contribution in [0.2, 0.25) is 0 Å². The summed E-state index contributed by atoms with van der Waals surface area (Å²) in [6.45, 7) is 1.94. The van der Waals surface area contributed by atoms with Crippen LogP contribution in [0.1, 0.15) is 36.8 Å². The summed E-state index contributed by atoms with van der Waals surface area (Å²) in [5.74, 6) is 0. The van der Waals surface area contributed by atoms with Crippen molar-refractivity contribution in [3.8, 4) is 11.4 Å². The van der Waals surface area contributed by atoms with Crippen LogP contribution >= 0.6 is 0 Å². The Kier molecular flexibility index (Phi) is 9.66. The number of benzene rings is 6. The number of hydrogen-bond acceptors (Lipinski definition) is 4. The first-order valence-electron chi connectivity index (χ1n) is 20.4. The normalized spacial score (nSPS) is 12.1. The highest BCUT2D eigenvalue weighted by Gasteiger charge is 2.20. The zero-order valence-corrected chi connectivity index (χ0v) is 33.5. The smallest absolute Gasteiger partial charge is 0.206 e. The molecule has 0 amide bonds. The van der Waals surface area contributed by atoms with Gasteiger partial charge in [0.15, 0.2) is 0 Å². The third kappa shape index (κ3) is 7.01. The molecule has 6 aromatic carbocycles. The SMILES string of the molecule is O=S(=O)(c1ccc(-n2c3ccccc3c3cc(CCCCn4ccnc4)ccc32)cc1)c1ccc(-n2c3ccccc3c3cc(CCCCn4ccnc4)ccc32)cc1. The van der Waals surface area contributed by atoms with E-state index < -0.39 is 9.84 Å². The van der Waals surface area contributed by atoms with Gasteiger partial charge in [0.25, 0.3) is 0 Å². The van der Waals surface area contributed by atoms with Gasteiger partial charge in [-0.3, -0.25) is 0 Å².